The van der Waals surface area contributed by atoms with Crippen molar-refractivity contribution in [3.63, 3.8) is 0 Å². The Morgan fingerprint density at radius 2 is 2.37 bits per heavy atom. The smallest absolute Gasteiger partial charge is 0.119 e. The maximum atomic E-state index is 10.3. The third-order valence-electron chi connectivity index (χ3n) is 3.65. The van der Waals surface area contributed by atoms with Crippen molar-refractivity contribution < 1.29 is 9.84 Å². The molecule has 1 saturated heterocycles. The number of hydrogen-bond donors (Lipinski definition) is 1. The molecule has 1 aromatic carbocycles. The number of β-amino-alcohol motifs (C(OH)–C–C–N with tert-alkyl or cyclic N) is 1. The second-order valence-corrected chi connectivity index (χ2v) is 4.93. The Morgan fingerprint density at radius 1 is 1.53 bits per heavy atom. The molecule has 0 amide bonds. The molecule has 19 heavy (non-hydrogen) atoms. The zero-order valence-electron chi connectivity index (χ0n) is 11.2. The second-order valence-electron chi connectivity index (χ2n) is 4.93. The van der Waals surface area contributed by atoms with Crippen LogP contribution in [0.3, 0.4) is 0 Å². The molecule has 1 aliphatic rings. The number of rotatable bonds is 4. The highest BCUT2D eigenvalue weighted by atomic mass is 16.5. The van der Waals surface area contributed by atoms with Gasteiger partial charge in [-0.15, -0.1) is 0 Å². The quantitative estimate of drug-likeness (QED) is 0.900. The lowest BCUT2D eigenvalue weighted by Crippen LogP contribution is -2.41. The van der Waals surface area contributed by atoms with Crippen molar-refractivity contribution in [2.45, 2.75) is 31.4 Å². The molecule has 2 atom stereocenters. The lowest BCUT2D eigenvalue weighted by atomic mass is 10.0. The number of ether oxygens (including phenoxy) is 1. The van der Waals surface area contributed by atoms with Crippen LogP contribution in [-0.4, -0.2) is 36.2 Å². The molecule has 1 N–H and O–H groups in total. The van der Waals surface area contributed by atoms with Crippen molar-refractivity contribution >= 4 is 0 Å². The van der Waals surface area contributed by atoms with Gasteiger partial charge in [-0.2, -0.15) is 5.26 Å². The summed E-state index contributed by atoms with van der Waals surface area (Å²) in [5.41, 5.74) is 0.835. The average Bonchev–Trinajstić information content (AvgIpc) is 2.47. The molecule has 1 fully saturated rings. The summed E-state index contributed by atoms with van der Waals surface area (Å²) >= 11 is 0. The highest BCUT2D eigenvalue weighted by Gasteiger charge is 2.24. The summed E-state index contributed by atoms with van der Waals surface area (Å²) in [6, 6.07) is 9.72. The van der Waals surface area contributed by atoms with Gasteiger partial charge in [0.1, 0.15) is 5.75 Å². The molecular formula is C15H20N2O2. The van der Waals surface area contributed by atoms with E-state index in [2.05, 4.69) is 11.0 Å². The summed E-state index contributed by atoms with van der Waals surface area (Å²) < 4.78 is 5.16. The number of hydrogen-bond acceptors (Lipinski definition) is 4. The molecule has 4 nitrogen and oxygen atoms in total. The van der Waals surface area contributed by atoms with Crippen LogP contribution in [0.15, 0.2) is 24.3 Å². The Labute approximate surface area is 114 Å². The van der Waals surface area contributed by atoms with E-state index in [0.29, 0.717) is 6.54 Å². The van der Waals surface area contributed by atoms with Crippen molar-refractivity contribution in [3.8, 4) is 11.8 Å². The SMILES string of the molecule is COc1cccc(C(O)CN2CCCCC2C#N)c1. The van der Waals surface area contributed by atoms with E-state index in [9.17, 15) is 5.11 Å². The number of likely N-dealkylation sites (tertiary alicyclic amines) is 1. The zero-order chi connectivity index (χ0) is 13.7. The summed E-state index contributed by atoms with van der Waals surface area (Å²) in [6.07, 6.45) is 2.53. The van der Waals surface area contributed by atoms with Gasteiger partial charge >= 0.3 is 0 Å². The van der Waals surface area contributed by atoms with E-state index in [1.165, 1.54) is 0 Å². The molecule has 2 unspecified atom stereocenters. The average molecular weight is 260 g/mol. The highest BCUT2D eigenvalue weighted by molar-refractivity contribution is 5.30. The highest BCUT2D eigenvalue weighted by Crippen LogP contribution is 2.23. The Balaban J connectivity index is 2.03. The first kappa shape index (κ1) is 13.9. The summed E-state index contributed by atoms with van der Waals surface area (Å²) in [5, 5.41) is 19.4. The van der Waals surface area contributed by atoms with E-state index in [4.69, 9.17) is 10.00 Å². The van der Waals surface area contributed by atoms with Gasteiger partial charge in [0.2, 0.25) is 0 Å². The van der Waals surface area contributed by atoms with Gasteiger partial charge in [-0.3, -0.25) is 4.90 Å². The first-order chi connectivity index (χ1) is 9.24. The number of nitriles is 1. The van der Waals surface area contributed by atoms with Gasteiger partial charge in [0.25, 0.3) is 0 Å². The van der Waals surface area contributed by atoms with Crippen LogP contribution in [0, 0.1) is 11.3 Å². The Morgan fingerprint density at radius 3 is 3.11 bits per heavy atom. The van der Waals surface area contributed by atoms with Crippen molar-refractivity contribution in [3.05, 3.63) is 29.8 Å². The standard InChI is InChI=1S/C15H20N2O2/c1-19-14-7-4-5-12(9-14)15(18)11-17-8-3-2-6-13(17)10-16/h4-5,7,9,13,15,18H,2-3,6,8,11H2,1H3. The minimum Gasteiger partial charge on any atom is -0.497 e. The molecule has 2 rings (SSSR count). The minimum atomic E-state index is -0.580. The Bertz CT molecular complexity index is 456. The summed E-state index contributed by atoms with van der Waals surface area (Å²) in [6.45, 7) is 1.39. The van der Waals surface area contributed by atoms with Gasteiger partial charge in [0.15, 0.2) is 0 Å². The maximum Gasteiger partial charge on any atom is 0.119 e. The zero-order valence-corrected chi connectivity index (χ0v) is 11.2. The fourth-order valence-electron chi connectivity index (χ4n) is 2.53. The van der Waals surface area contributed by atoms with E-state index in [0.717, 1.165) is 37.1 Å². The van der Waals surface area contributed by atoms with Crippen LogP contribution in [0.1, 0.15) is 30.9 Å². The van der Waals surface area contributed by atoms with Gasteiger partial charge in [0, 0.05) is 6.54 Å². The molecule has 0 spiro atoms. The molecule has 1 aliphatic heterocycles. The van der Waals surface area contributed by atoms with Gasteiger partial charge in [-0.05, 0) is 43.5 Å². The predicted octanol–water partition coefficient (Wildman–Crippen LogP) is 2.11. The third-order valence-corrected chi connectivity index (χ3v) is 3.65. The van der Waals surface area contributed by atoms with Crippen molar-refractivity contribution in [1.29, 1.82) is 5.26 Å². The van der Waals surface area contributed by atoms with Crippen molar-refractivity contribution in [2.24, 2.45) is 0 Å². The van der Waals surface area contributed by atoms with Gasteiger partial charge in [0.05, 0.1) is 25.3 Å². The van der Waals surface area contributed by atoms with Gasteiger partial charge < -0.3 is 9.84 Å². The summed E-state index contributed by atoms with van der Waals surface area (Å²) in [5.74, 6) is 0.743. The first-order valence-electron chi connectivity index (χ1n) is 6.70. The monoisotopic (exact) mass is 260 g/mol. The van der Waals surface area contributed by atoms with E-state index in [-0.39, 0.29) is 6.04 Å². The number of piperidine rings is 1. The normalized spacial score (nSPS) is 21.6. The lowest BCUT2D eigenvalue weighted by molar-refractivity contribution is 0.0838. The molecule has 102 valence electrons. The second kappa shape index (κ2) is 6.55. The van der Waals surface area contributed by atoms with Crippen LogP contribution in [0.4, 0.5) is 0 Å². The number of aliphatic hydroxyl groups is 1. The molecule has 0 radical (unpaired) electrons. The summed E-state index contributed by atoms with van der Waals surface area (Å²) in [4.78, 5) is 2.08. The van der Waals surface area contributed by atoms with E-state index in [1.54, 1.807) is 7.11 Å². The topological polar surface area (TPSA) is 56.5 Å². The van der Waals surface area contributed by atoms with Crippen LogP contribution in [0.2, 0.25) is 0 Å². The van der Waals surface area contributed by atoms with Crippen LogP contribution in [0.5, 0.6) is 5.75 Å². The first-order valence-corrected chi connectivity index (χ1v) is 6.70. The van der Waals surface area contributed by atoms with Gasteiger partial charge in [-0.1, -0.05) is 12.1 Å². The molecule has 4 heteroatoms. The maximum absolute atomic E-state index is 10.3. The van der Waals surface area contributed by atoms with Crippen LogP contribution in [-0.2, 0) is 0 Å². The fourth-order valence-corrected chi connectivity index (χ4v) is 2.53. The number of nitrogens with zero attached hydrogens (tertiary/aromatic N) is 2. The minimum absolute atomic E-state index is 0.0611. The van der Waals surface area contributed by atoms with Gasteiger partial charge in [-0.25, -0.2) is 0 Å². The fraction of sp³-hybridized carbons (Fsp3) is 0.533. The molecule has 0 aliphatic carbocycles. The number of methoxy groups -OCH3 is 1. The molecule has 0 aromatic heterocycles. The van der Waals surface area contributed by atoms with Crippen molar-refractivity contribution in [1.82, 2.24) is 4.90 Å². The van der Waals surface area contributed by atoms with E-state index >= 15 is 0 Å². The van der Waals surface area contributed by atoms with Crippen LogP contribution in [0.25, 0.3) is 0 Å². The summed E-state index contributed by atoms with van der Waals surface area (Å²) in [7, 11) is 1.61. The molecule has 1 aromatic rings. The molecule has 0 saturated carbocycles. The third kappa shape index (κ3) is 3.46. The largest absolute Gasteiger partial charge is 0.497 e. The van der Waals surface area contributed by atoms with Crippen LogP contribution >= 0.6 is 0 Å². The molecular weight excluding hydrogens is 240 g/mol. The Kier molecular flexibility index (Phi) is 4.78. The lowest BCUT2D eigenvalue weighted by Gasteiger charge is -2.32. The molecule has 0 bridgehead atoms. The van der Waals surface area contributed by atoms with E-state index < -0.39 is 6.10 Å². The Hall–Kier alpha value is -1.57. The predicted molar refractivity (Wildman–Crippen MR) is 72.8 cm³/mol. The number of aliphatic hydroxyl groups excluding tert-OH is 1. The van der Waals surface area contributed by atoms with E-state index in [1.807, 2.05) is 24.3 Å². The van der Waals surface area contributed by atoms with Crippen molar-refractivity contribution in [2.75, 3.05) is 20.2 Å². The van der Waals surface area contributed by atoms with Crippen LogP contribution < -0.4 is 4.74 Å². The number of benzene rings is 1. The molecule has 1 heterocycles.